The van der Waals surface area contributed by atoms with Crippen molar-refractivity contribution in [1.29, 1.82) is 0 Å². The van der Waals surface area contributed by atoms with Gasteiger partial charge in [0, 0.05) is 37.6 Å². The highest BCUT2D eigenvalue weighted by Crippen LogP contribution is 2.15. The average molecular weight is 226 g/mol. The van der Waals surface area contributed by atoms with Crippen LogP contribution in [0.25, 0.3) is 0 Å². The van der Waals surface area contributed by atoms with Gasteiger partial charge in [-0.1, -0.05) is 0 Å². The van der Waals surface area contributed by atoms with E-state index in [9.17, 15) is 0 Å². The van der Waals surface area contributed by atoms with Crippen molar-refractivity contribution in [3.63, 3.8) is 0 Å². The van der Waals surface area contributed by atoms with E-state index in [0.717, 1.165) is 31.9 Å². The van der Waals surface area contributed by atoms with E-state index < -0.39 is 0 Å². The number of hydrogen-bond acceptors (Lipinski definition) is 5. The molecule has 1 saturated heterocycles. The lowest BCUT2D eigenvalue weighted by molar-refractivity contribution is 0.0992. The first-order valence-electron chi connectivity index (χ1n) is 5.27. The summed E-state index contributed by atoms with van der Waals surface area (Å²) in [6, 6.07) is 0.634. The molecule has 0 aliphatic carbocycles. The molecule has 1 atom stereocenters. The Morgan fingerprint density at radius 2 is 2.40 bits per heavy atom. The van der Waals surface area contributed by atoms with Gasteiger partial charge in [0.15, 0.2) is 5.13 Å². The molecule has 0 bridgehead atoms. The molecule has 0 saturated carbocycles. The smallest absolute Gasteiger partial charge is 0.180 e. The Morgan fingerprint density at radius 3 is 3.00 bits per heavy atom. The van der Waals surface area contributed by atoms with Crippen LogP contribution in [0.3, 0.4) is 0 Å². The van der Waals surface area contributed by atoms with Crippen molar-refractivity contribution in [2.24, 2.45) is 0 Å². The zero-order valence-electron chi connectivity index (χ0n) is 9.31. The number of piperazine rings is 1. The fourth-order valence-corrected chi connectivity index (χ4v) is 2.45. The van der Waals surface area contributed by atoms with Crippen LogP contribution >= 0.6 is 11.3 Å². The maximum Gasteiger partial charge on any atom is 0.180 e. The number of likely N-dealkylation sites (N-methyl/N-ethyl adjacent to an activating group) is 1. The zero-order valence-corrected chi connectivity index (χ0v) is 10.1. The van der Waals surface area contributed by atoms with E-state index in [-0.39, 0.29) is 0 Å². The highest BCUT2D eigenvalue weighted by atomic mass is 32.1. The molecule has 1 unspecified atom stereocenters. The topological polar surface area (TPSA) is 45.4 Å². The molecule has 2 N–H and O–H groups in total. The van der Waals surface area contributed by atoms with Crippen molar-refractivity contribution in [3.8, 4) is 0 Å². The number of hydrogen-bond donors (Lipinski definition) is 1. The predicted octanol–water partition coefficient (Wildman–Crippen LogP) is 0.861. The van der Waals surface area contributed by atoms with Crippen LogP contribution in [-0.2, 0) is 6.54 Å². The molecule has 0 spiro atoms. The molecule has 2 heterocycles. The van der Waals surface area contributed by atoms with E-state index in [1.165, 1.54) is 11.3 Å². The number of aromatic nitrogens is 1. The Kier molecular flexibility index (Phi) is 3.23. The van der Waals surface area contributed by atoms with Crippen LogP contribution in [-0.4, -0.2) is 47.5 Å². The molecule has 0 amide bonds. The number of nitrogens with two attached hydrogens (primary N) is 1. The van der Waals surface area contributed by atoms with Crippen molar-refractivity contribution in [2.75, 3.05) is 32.4 Å². The third kappa shape index (κ3) is 2.68. The number of rotatable bonds is 2. The van der Waals surface area contributed by atoms with Gasteiger partial charge in [-0.3, -0.25) is 4.90 Å². The summed E-state index contributed by atoms with van der Waals surface area (Å²) in [5, 5.41) is 2.73. The van der Waals surface area contributed by atoms with Crippen LogP contribution < -0.4 is 5.73 Å². The van der Waals surface area contributed by atoms with Crippen molar-refractivity contribution >= 4 is 16.5 Å². The van der Waals surface area contributed by atoms with Gasteiger partial charge in [0.2, 0.25) is 0 Å². The monoisotopic (exact) mass is 226 g/mol. The maximum absolute atomic E-state index is 5.61. The Labute approximate surface area is 94.7 Å². The molecule has 1 aromatic heterocycles. The van der Waals surface area contributed by atoms with Crippen LogP contribution in [0.2, 0.25) is 0 Å². The summed E-state index contributed by atoms with van der Waals surface area (Å²) in [5.41, 5.74) is 6.72. The van der Waals surface area contributed by atoms with E-state index in [1.54, 1.807) is 0 Å². The number of anilines is 1. The Hall–Kier alpha value is -0.650. The molecule has 1 aliphatic rings. The molecule has 4 nitrogen and oxygen atoms in total. The molecule has 0 aromatic carbocycles. The van der Waals surface area contributed by atoms with E-state index in [0.29, 0.717) is 11.2 Å². The van der Waals surface area contributed by atoms with Gasteiger partial charge < -0.3 is 10.6 Å². The third-order valence-corrected chi connectivity index (χ3v) is 3.72. The number of nitrogen functional groups attached to an aromatic ring is 1. The van der Waals surface area contributed by atoms with Crippen LogP contribution in [0.15, 0.2) is 5.38 Å². The first kappa shape index (κ1) is 10.9. The molecule has 1 aromatic rings. The molecule has 84 valence electrons. The molecule has 0 radical (unpaired) electrons. The van der Waals surface area contributed by atoms with E-state index >= 15 is 0 Å². The minimum absolute atomic E-state index is 0.634. The third-order valence-electron chi connectivity index (χ3n) is 3.00. The number of thiazole rings is 1. The van der Waals surface area contributed by atoms with E-state index in [1.807, 2.05) is 0 Å². The summed E-state index contributed by atoms with van der Waals surface area (Å²) < 4.78 is 0. The summed E-state index contributed by atoms with van der Waals surface area (Å²) in [5.74, 6) is 0. The highest BCUT2D eigenvalue weighted by Gasteiger charge is 2.20. The zero-order chi connectivity index (χ0) is 10.8. The van der Waals surface area contributed by atoms with Crippen LogP contribution in [0.1, 0.15) is 12.6 Å². The second-order valence-corrected chi connectivity index (χ2v) is 5.13. The normalized spacial score (nSPS) is 24.5. The Balaban J connectivity index is 1.90. The molecule has 15 heavy (non-hydrogen) atoms. The van der Waals surface area contributed by atoms with E-state index in [4.69, 9.17) is 5.73 Å². The Bertz CT molecular complexity index is 325. The molecule has 2 rings (SSSR count). The fraction of sp³-hybridized carbons (Fsp3) is 0.700. The lowest BCUT2D eigenvalue weighted by Crippen LogP contribution is -2.49. The summed E-state index contributed by atoms with van der Waals surface area (Å²) >= 11 is 1.52. The first-order chi connectivity index (χ1) is 7.15. The van der Waals surface area contributed by atoms with Crippen LogP contribution in [0.5, 0.6) is 0 Å². The van der Waals surface area contributed by atoms with Gasteiger partial charge in [-0.2, -0.15) is 0 Å². The fourth-order valence-electron chi connectivity index (χ4n) is 1.89. The van der Waals surface area contributed by atoms with Crippen molar-refractivity contribution in [2.45, 2.75) is 19.5 Å². The molecule has 5 heteroatoms. The van der Waals surface area contributed by atoms with E-state index in [2.05, 4.69) is 34.1 Å². The summed E-state index contributed by atoms with van der Waals surface area (Å²) in [4.78, 5) is 9.13. The highest BCUT2D eigenvalue weighted by molar-refractivity contribution is 7.13. The van der Waals surface area contributed by atoms with Gasteiger partial charge in [-0.05, 0) is 14.0 Å². The molecule has 1 fully saturated rings. The van der Waals surface area contributed by atoms with Gasteiger partial charge in [-0.25, -0.2) is 4.98 Å². The minimum Gasteiger partial charge on any atom is -0.375 e. The van der Waals surface area contributed by atoms with Gasteiger partial charge in [0.25, 0.3) is 0 Å². The van der Waals surface area contributed by atoms with Crippen LogP contribution in [0.4, 0.5) is 5.13 Å². The SMILES string of the molecule is CC1CN(Cc2csc(N)n2)CCN1C. The molecular weight excluding hydrogens is 208 g/mol. The first-order valence-corrected chi connectivity index (χ1v) is 6.15. The number of nitrogens with zero attached hydrogens (tertiary/aromatic N) is 3. The standard InChI is InChI=1S/C10H18N4S/c1-8-5-14(4-3-13(8)2)6-9-7-15-10(11)12-9/h7-8H,3-6H2,1-2H3,(H2,11,12). The minimum atomic E-state index is 0.634. The van der Waals surface area contributed by atoms with Gasteiger partial charge in [0.05, 0.1) is 5.69 Å². The second kappa shape index (κ2) is 4.47. The summed E-state index contributed by atoms with van der Waals surface area (Å²) in [7, 11) is 2.18. The van der Waals surface area contributed by atoms with Crippen molar-refractivity contribution < 1.29 is 0 Å². The largest absolute Gasteiger partial charge is 0.375 e. The van der Waals surface area contributed by atoms with Crippen LogP contribution in [0, 0.1) is 0 Å². The summed E-state index contributed by atoms with van der Waals surface area (Å²) in [6.07, 6.45) is 0. The lowest BCUT2D eigenvalue weighted by atomic mass is 10.2. The van der Waals surface area contributed by atoms with Crippen molar-refractivity contribution in [3.05, 3.63) is 11.1 Å². The lowest BCUT2D eigenvalue weighted by Gasteiger charge is -2.37. The Morgan fingerprint density at radius 1 is 1.60 bits per heavy atom. The summed E-state index contributed by atoms with van der Waals surface area (Å²) in [6.45, 7) is 6.58. The average Bonchev–Trinajstić information content (AvgIpc) is 2.58. The second-order valence-electron chi connectivity index (χ2n) is 4.24. The predicted molar refractivity (Wildman–Crippen MR) is 63.9 cm³/mol. The van der Waals surface area contributed by atoms with Crippen molar-refractivity contribution in [1.82, 2.24) is 14.8 Å². The van der Waals surface area contributed by atoms with Gasteiger partial charge >= 0.3 is 0 Å². The molecule has 1 aliphatic heterocycles. The van der Waals surface area contributed by atoms with Gasteiger partial charge in [-0.15, -0.1) is 11.3 Å². The quantitative estimate of drug-likeness (QED) is 0.812. The van der Waals surface area contributed by atoms with Gasteiger partial charge in [0.1, 0.15) is 0 Å². The maximum atomic E-state index is 5.61. The molecular formula is C10H18N4S.